The summed E-state index contributed by atoms with van der Waals surface area (Å²) in [6.45, 7) is 7.56. The van der Waals surface area contributed by atoms with Crippen LogP contribution in [0.25, 0.3) is 0 Å². The van der Waals surface area contributed by atoms with Gasteiger partial charge in [-0.2, -0.15) is 0 Å². The van der Waals surface area contributed by atoms with Crippen LogP contribution in [0.4, 0.5) is 0 Å². The number of allylic oxidation sites excluding steroid dienone is 2. The zero-order valence-electron chi connectivity index (χ0n) is 13.4. The fourth-order valence-corrected chi connectivity index (χ4v) is 2.21. The van der Waals surface area contributed by atoms with E-state index in [4.69, 9.17) is 11.5 Å². The molecule has 0 aromatic carbocycles. The maximum absolute atomic E-state index is 11.7. The van der Waals surface area contributed by atoms with Gasteiger partial charge in [0, 0.05) is 17.2 Å². The van der Waals surface area contributed by atoms with Crippen LogP contribution in [-0.2, 0) is 9.59 Å². The number of likely N-dealkylation sites (N-methyl/N-ethyl adjacent to an activating group) is 1. The van der Waals surface area contributed by atoms with E-state index >= 15 is 0 Å². The Morgan fingerprint density at radius 2 is 1.65 bits per heavy atom. The maximum Gasteiger partial charge on any atom is 0.246 e. The fraction of sp³-hybridized carbons (Fsp3) is 0.600. The van der Waals surface area contributed by atoms with Crippen LogP contribution in [0.3, 0.4) is 0 Å². The molecule has 5 heteroatoms. The van der Waals surface area contributed by atoms with E-state index in [1.54, 1.807) is 13.0 Å². The van der Waals surface area contributed by atoms with Gasteiger partial charge in [-0.15, -0.1) is 0 Å². The van der Waals surface area contributed by atoms with Gasteiger partial charge in [-0.3, -0.25) is 9.59 Å². The molecule has 0 aromatic rings. The molecule has 1 unspecified atom stereocenters. The monoisotopic (exact) mass is 281 g/mol. The number of nitrogens with zero attached hydrogens (tertiary/aromatic N) is 1. The molecule has 0 radical (unpaired) electrons. The Balaban J connectivity index is 5.96. The molecule has 0 aliphatic heterocycles. The highest BCUT2D eigenvalue weighted by molar-refractivity contribution is 5.96. The summed E-state index contributed by atoms with van der Waals surface area (Å²) in [7, 11) is 3.79. The first-order valence-corrected chi connectivity index (χ1v) is 6.81. The van der Waals surface area contributed by atoms with Gasteiger partial charge in [0.1, 0.15) is 0 Å². The molecule has 0 saturated heterocycles. The predicted octanol–water partition coefficient (Wildman–Crippen LogP) is 1.20. The Morgan fingerprint density at radius 3 is 1.90 bits per heavy atom. The minimum Gasteiger partial charge on any atom is -0.366 e. The first-order valence-electron chi connectivity index (χ1n) is 6.81. The van der Waals surface area contributed by atoms with Crippen molar-refractivity contribution in [3.05, 3.63) is 22.8 Å². The molecule has 114 valence electrons. The van der Waals surface area contributed by atoms with Gasteiger partial charge >= 0.3 is 0 Å². The van der Waals surface area contributed by atoms with Gasteiger partial charge in [0.15, 0.2) is 0 Å². The third-order valence-corrected chi connectivity index (χ3v) is 3.39. The Morgan fingerprint density at radius 1 is 1.15 bits per heavy atom. The highest BCUT2D eigenvalue weighted by atomic mass is 16.1. The summed E-state index contributed by atoms with van der Waals surface area (Å²) in [5.41, 5.74) is 12.6. The van der Waals surface area contributed by atoms with E-state index in [2.05, 4.69) is 0 Å². The summed E-state index contributed by atoms with van der Waals surface area (Å²) in [5, 5.41) is 0. The second kappa shape index (κ2) is 7.85. The van der Waals surface area contributed by atoms with E-state index in [1.807, 2.05) is 39.8 Å². The molecule has 0 saturated carbocycles. The molecule has 4 N–H and O–H groups in total. The number of rotatable bonds is 7. The fourth-order valence-electron chi connectivity index (χ4n) is 2.21. The highest BCUT2D eigenvalue weighted by Crippen LogP contribution is 2.21. The van der Waals surface area contributed by atoms with Crippen LogP contribution >= 0.6 is 0 Å². The molecule has 5 nitrogen and oxygen atoms in total. The zero-order valence-corrected chi connectivity index (χ0v) is 13.4. The first-order chi connectivity index (χ1) is 9.13. The largest absolute Gasteiger partial charge is 0.366 e. The van der Waals surface area contributed by atoms with Crippen LogP contribution in [0.5, 0.6) is 0 Å². The van der Waals surface area contributed by atoms with Crippen molar-refractivity contribution in [2.45, 2.75) is 40.2 Å². The molecule has 0 bridgehead atoms. The Hall–Kier alpha value is -1.62. The first kappa shape index (κ1) is 18.4. The summed E-state index contributed by atoms with van der Waals surface area (Å²) in [6.07, 6.45) is 2.48. The van der Waals surface area contributed by atoms with Crippen molar-refractivity contribution in [1.82, 2.24) is 4.90 Å². The number of hydrogen-bond donors (Lipinski definition) is 2. The van der Waals surface area contributed by atoms with Gasteiger partial charge in [0.25, 0.3) is 0 Å². The van der Waals surface area contributed by atoms with Crippen LogP contribution in [-0.4, -0.2) is 36.9 Å². The van der Waals surface area contributed by atoms with Gasteiger partial charge in [-0.25, -0.2) is 0 Å². The van der Waals surface area contributed by atoms with Crippen LogP contribution in [0.1, 0.15) is 34.1 Å². The third kappa shape index (κ3) is 4.81. The van der Waals surface area contributed by atoms with E-state index in [1.165, 1.54) is 0 Å². The Bertz CT molecular complexity index is 434. The Labute approximate surface area is 121 Å². The van der Waals surface area contributed by atoms with Crippen molar-refractivity contribution in [3.8, 4) is 0 Å². The number of carbonyl (C=O) groups is 2. The zero-order chi connectivity index (χ0) is 16.0. The predicted molar refractivity (Wildman–Crippen MR) is 81.8 cm³/mol. The van der Waals surface area contributed by atoms with Gasteiger partial charge in [-0.05, 0) is 45.0 Å². The molecule has 0 spiro atoms. The standard InChI is InChI=1S/C15H27N3O2/c1-7-13(18(5)6)12(15(17)20)8-11(9(2)3)10(4)14(16)19/h8-9,13H,7H2,1-6H3,(H2,16,19)(H2,17,20)/b11-10-,12-8-. The normalized spacial score (nSPS) is 15.3. The smallest absolute Gasteiger partial charge is 0.246 e. The number of nitrogens with two attached hydrogens (primary N) is 2. The van der Waals surface area contributed by atoms with Crippen LogP contribution < -0.4 is 11.5 Å². The summed E-state index contributed by atoms with van der Waals surface area (Å²) in [5.74, 6) is -0.871. The highest BCUT2D eigenvalue weighted by Gasteiger charge is 2.21. The van der Waals surface area contributed by atoms with E-state index < -0.39 is 11.8 Å². The lowest BCUT2D eigenvalue weighted by Gasteiger charge is -2.25. The van der Waals surface area contributed by atoms with Crippen LogP contribution in [0, 0.1) is 5.92 Å². The average Bonchev–Trinajstić information content (AvgIpc) is 2.31. The van der Waals surface area contributed by atoms with Crippen molar-refractivity contribution in [2.24, 2.45) is 17.4 Å². The lowest BCUT2D eigenvalue weighted by atomic mass is 9.92. The maximum atomic E-state index is 11.7. The molecule has 20 heavy (non-hydrogen) atoms. The molecular formula is C15H27N3O2. The Kier molecular flexibility index (Phi) is 7.21. The molecule has 0 aliphatic rings. The second-order valence-corrected chi connectivity index (χ2v) is 5.45. The lowest BCUT2D eigenvalue weighted by molar-refractivity contribution is -0.115. The van der Waals surface area contributed by atoms with Gasteiger partial charge in [-0.1, -0.05) is 20.8 Å². The summed E-state index contributed by atoms with van der Waals surface area (Å²) >= 11 is 0. The summed E-state index contributed by atoms with van der Waals surface area (Å²) in [6, 6.07) is -0.0815. The summed E-state index contributed by atoms with van der Waals surface area (Å²) in [4.78, 5) is 25.1. The van der Waals surface area contributed by atoms with Crippen molar-refractivity contribution < 1.29 is 9.59 Å². The van der Waals surface area contributed by atoms with Crippen molar-refractivity contribution >= 4 is 11.8 Å². The topological polar surface area (TPSA) is 89.4 Å². The molecule has 0 rings (SSSR count). The second-order valence-electron chi connectivity index (χ2n) is 5.45. The SMILES string of the molecule is CCC(/C(=C/C(=C(\C)C(N)=O)C(C)C)C(N)=O)N(C)C. The average molecular weight is 281 g/mol. The molecule has 1 atom stereocenters. The molecular weight excluding hydrogens is 254 g/mol. The van der Waals surface area contributed by atoms with E-state index in [0.717, 1.165) is 12.0 Å². The van der Waals surface area contributed by atoms with Gasteiger partial charge in [0.05, 0.1) is 0 Å². The number of amides is 2. The van der Waals surface area contributed by atoms with Gasteiger partial charge in [0.2, 0.25) is 11.8 Å². The minimum atomic E-state index is -0.480. The molecule has 0 aliphatic carbocycles. The summed E-state index contributed by atoms with van der Waals surface area (Å²) < 4.78 is 0. The van der Waals surface area contributed by atoms with E-state index in [0.29, 0.717) is 11.1 Å². The van der Waals surface area contributed by atoms with Crippen LogP contribution in [0.15, 0.2) is 22.8 Å². The lowest BCUT2D eigenvalue weighted by Crippen LogP contribution is -2.35. The van der Waals surface area contributed by atoms with Crippen molar-refractivity contribution in [1.29, 1.82) is 0 Å². The van der Waals surface area contributed by atoms with E-state index in [9.17, 15) is 9.59 Å². The number of primary amides is 2. The molecule has 0 fully saturated rings. The number of hydrogen-bond acceptors (Lipinski definition) is 3. The van der Waals surface area contributed by atoms with Crippen molar-refractivity contribution in [3.63, 3.8) is 0 Å². The van der Waals surface area contributed by atoms with Gasteiger partial charge < -0.3 is 16.4 Å². The van der Waals surface area contributed by atoms with Crippen molar-refractivity contribution in [2.75, 3.05) is 14.1 Å². The van der Waals surface area contributed by atoms with E-state index in [-0.39, 0.29) is 12.0 Å². The quantitative estimate of drug-likeness (QED) is 0.542. The minimum absolute atomic E-state index is 0.0801. The third-order valence-electron chi connectivity index (χ3n) is 3.39. The van der Waals surface area contributed by atoms with Crippen LogP contribution in [0.2, 0.25) is 0 Å². The number of carbonyl (C=O) groups excluding carboxylic acids is 2. The molecule has 0 heterocycles. The molecule has 0 aromatic heterocycles. The molecule has 2 amide bonds.